The van der Waals surface area contributed by atoms with E-state index in [9.17, 15) is 9.59 Å². The van der Waals surface area contributed by atoms with Gasteiger partial charge in [0.25, 0.3) is 0 Å². The number of nitrogens with zero attached hydrogens (tertiary/aromatic N) is 4. The number of carbonyl (C=O) groups is 2. The van der Waals surface area contributed by atoms with Crippen LogP contribution in [0.3, 0.4) is 0 Å². The van der Waals surface area contributed by atoms with Crippen LogP contribution in [0.1, 0.15) is 70.1 Å². The summed E-state index contributed by atoms with van der Waals surface area (Å²) >= 11 is 0. The van der Waals surface area contributed by atoms with Crippen molar-refractivity contribution in [3.8, 4) is 11.3 Å². The summed E-state index contributed by atoms with van der Waals surface area (Å²) < 4.78 is 0. The number of anilines is 1. The Hall–Kier alpha value is -3.87. The summed E-state index contributed by atoms with van der Waals surface area (Å²) in [7, 11) is 0. The van der Waals surface area contributed by atoms with Gasteiger partial charge in [-0.15, -0.1) is 0 Å². The highest BCUT2D eigenvalue weighted by atomic mass is 16.2. The molecule has 2 atom stereocenters. The number of carbonyl (C=O) groups excluding carboxylic acids is 2. The molecule has 3 aromatic rings. The minimum Gasteiger partial charge on any atom is -0.310 e. The SMILES string of the molecule is CC(Cc1ccc(C(C)(C)C)cc1)N1C(=O)N=NC1CCCc1ccc(-c2cccc(NC(=O)C3CC3)n2)cc1. The molecule has 1 aliphatic heterocycles. The van der Waals surface area contributed by atoms with E-state index in [1.165, 1.54) is 16.7 Å². The van der Waals surface area contributed by atoms with E-state index in [4.69, 9.17) is 0 Å². The van der Waals surface area contributed by atoms with E-state index < -0.39 is 0 Å². The van der Waals surface area contributed by atoms with Crippen LogP contribution in [0.25, 0.3) is 11.3 Å². The molecule has 0 radical (unpaired) electrons. The molecule has 208 valence electrons. The summed E-state index contributed by atoms with van der Waals surface area (Å²) in [5, 5.41) is 11.1. The fourth-order valence-corrected chi connectivity index (χ4v) is 5.18. The van der Waals surface area contributed by atoms with E-state index in [1.54, 1.807) is 0 Å². The number of azo groups is 1. The first-order valence-corrected chi connectivity index (χ1v) is 14.4. The lowest BCUT2D eigenvalue weighted by Gasteiger charge is -2.28. The molecule has 40 heavy (non-hydrogen) atoms. The van der Waals surface area contributed by atoms with Crippen molar-refractivity contribution in [2.24, 2.45) is 16.1 Å². The molecule has 3 amide bonds. The van der Waals surface area contributed by atoms with Gasteiger partial charge in [0.05, 0.1) is 5.69 Å². The molecule has 1 N–H and O–H groups in total. The number of amides is 3. The summed E-state index contributed by atoms with van der Waals surface area (Å²) in [4.78, 5) is 31.1. The number of rotatable bonds is 10. The molecule has 0 bridgehead atoms. The minimum atomic E-state index is -0.240. The highest BCUT2D eigenvalue weighted by molar-refractivity contribution is 5.93. The number of pyridine rings is 1. The second kappa shape index (κ2) is 11.7. The zero-order valence-corrected chi connectivity index (χ0v) is 23.9. The highest BCUT2D eigenvalue weighted by Gasteiger charge is 2.33. The molecule has 0 saturated heterocycles. The number of nitrogens with one attached hydrogen (secondary N) is 1. The van der Waals surface area contributed by atoms with Crippen molar-refractivity contribution in [3.63, 3.8) is 0 Å². The largest absolute Gasteiger partial charge is 0.363 e. The molecule has 7 nitrogen and oxygen atoms in total. The van der Waals surface area contributed by atoms with Crippen molar-refractivity contribution in [3.05, 3.63) is 83.4 Å². The summed E-state index contributed by atoms with van der Waals surface area (Å²) in [5.74, 6) is 0.806. The van der Waals surface area contributed by atoms with E-state index >= 15 is 0 Å². The van der Waals surface area contributed by atoms with E-state index in [1.807, 2.05) is 23.1 Å². The second-order valence-electron chi connectivity index (χ2n) is 12.1. The molecule has 1 saturated carbocycles. The van der Waals surface area contributed by atoms with Crippen molar-refractivity contribution in [1.29, 1.82) is 0 Å². The number of urea groups is 1. The third-order valence-corrected chi connectivity index (χ3v) is 7.77. The van der Waals surface area contributed by atoms with E-state index in [0.29, 0.717) is 5.82 Å². The number of aromatic nitrogens is 1. The van der Waals surface area contributed by atoms with E-state index in [0.717, 1.165) is 49.8 Å². The Morgan fingerprint density at radius 2 is 1.70 bits per heavy atom. The van der Waals surface area contributed by atoms with Crippen LogP contribution < -0.4 is 5.32 Å². The monoisotopic (exact) mass is 537 g/mol. The van der Waals surface area contributed by atoms with E-state index in [2.05, 4.69) is 96.8 Å². The molecule has 1 aromatic heterocycles. The minimum absolute atomic E-state index is 0.0181. The molecule has 0 spiro atoms. The van der Waals surface area contributed by atoms with Crippen LogP contribution >= 0.6 is 0 Å². The lowest BCUT2D eigenvalue weighted by molar-refractivity contribution is -0.117. The number of aryl methyl sites for hydroxylation is 1. The van der Waals surface area contributed by atoms with Crippen LogP contribution in [-0.4, -0.2) is 34.0 Å². The van der Waals surface area contributed by atoms with Crippen LogP contribution in [0, 0.1) is 5.92 Å². The maximum Gasteiger partial charge on any atom is 0.363 e. The Labute approximate surface area is 237 Å². The molecule has 2 heterocycles. The highest BCUT2D eigenvalue weighted by Crippen LogP contribution is 2.30. The van der Waals surface area contributed by atoms with Crippen molar-refractivity contribution in [2.45, 2.75) is 83.8 Å². The molecule has 2 aromatic carbocycles. The quantitative estimate of drug-likeness (QED) is 0.289. The zero-order valence-electron chi connectivity index (χ0n) is 23.9. The van der Waals surface area contributed by atoms with Crippen LogP contribution in [0.2, 0.25) is 0 Å². The Bertz CT molecular complexity index is 1370. The predicted molar refractivity (Wildman–Crippen MR) is 158 cm³/mol. The standard InChI is InChI=1S/C33H39N5O2/c1-22(21-24-13-19-27(20-14-24)33(2,3)4)38-30(36-37-32(38)40)10-5-7-23-11-15-25(16-12-23)28-8-6-9-29(34-28)35-31(39)26-17-18-26/h6,8-9,11-16,19-20,22,26,30H,5,7,10,17-18,21H2,1-4H3,(H,34,35,39). The second-order valence-corrected chi connectivity index (χ2v) is 12.1. The predicted octanol–water partition coefficient (Wildman–Crippen LogP) is 7.56. The number of benzene rings is 2. The van der Waals surface area contributed by atoms with Crippen molar-refractivity contribution < 1.29 is 9.59 Å². The van der Waals surface area contributed by atoms with Crippen molar-refractivity contribution in [2.75, 3.05) is 5.32 Å². The van der Waals surface area contributed by atoms with Gasteiger partial charge in [-0.25, -0.2) is 9.78 Å². The Morgan fingerprint density at radius 3 is 2.38 bits per heavy atom. The van der Waals surface area contributed by atoms with Gasteiger partial charge in [0.15, 0.2) is 0 Å². The van der Waals surface area contributed by atoms with Gasteiger partial charge in [0.2, 0.25) is 5.91 Å². The van der Waals surface area contributed by atoms with Gasteiger partial charge in [-0.2, -0.15) is 5.11 Å². The van der Waals surface area contributed by atoms with Crippen molar-refractivity contribution in [1.82, 2.24) is 9.88 Å². The molecule has 2 aliphatic rings. The molecule has 1 fully saturated rings. The zero-order chi connectivity index (χ0) is 28.3. The molecule has 5 rings (SSSR count). The van der Waals surface area contributed by atoms with Gasteiger partial charge in [-0.3, -0.25) is 9.69 Å². The first kappa shape index (κ1) is 27.7. The van der Waals surface area contributed by atoms with Crippen LogP contribution in [0.15, 0.2) is 77.0 Å². The Kier molecular flexibility index (Phi) is 8.10. The fraction of sp³-hybridized carbons (Fsp3) is 0.424. The average molecular weight is 538 g/mol. The fourth-order valence-electron chi connectivity index (χ4n) is 5.18. The Morgan fingerprint density at radius 1 is 1.00 bits per heavy atom. The van der Waals surface area contributed by atoms with Gasteiger partial charge in [0, 0.05) is 17.5 Å². The van der Waals surface area contributed by atoms with Gasteiger partial charge in [-0.05, 0) is 79.7 Å². The van der Waals surface area contributed by atoms with Crippen LogP contribution in [-0.2, 0) is 23.1 Å². The van der Waals surface area contributed by atoms with E-state index in [-0.39, 0.29) is 35.5 Å². The normalized spacial score (nSPS) is 17.8. The first-order chi connectivity index (χ1) is 19.2. The van der Waals surface area contributed by atoms with Crippen LogP contribution in [0.5, 0.6) is 0 Å². The molecular weight excluding hydrogens is 498 g/mol. The molecular formula is C33H39N5O2. The summed E-state index contributed by atoms with van der Waals surface area (Å²) in [6.45, 7) is 8.72. The lowest BCUT2D eigenvalue weighted by Crippen LogP contribution is -2.41. The molecule has 1 aliphatic carbocycles. The maximum absolute atomic E-state index is 12.6. The molecule has 2 unspecified atom stereocenters. The van der Waals surface area contributed by atoms with Gasteiger partial charge < -0.3 is 5.32 Å². The summed E-state index contributed by atoms with van der Waals surface area (Å²) in [5.41, 5.74) is 5.71. The van der Waals surface area contributed by atoms with Crippen molar-refractivity contribution >= 4 is 17.8 Å². The third-order valence-electron chi connectivity index (χ3n) is 7.77. The first-order valence-electron chi connectivity index (χ1n) is 14.4. The number of hydrogen-bond donors (Lipinski definition) is 1. The summed E-state index contributed by atoms with van der Waals surface area (Å²) in [6.07, 6.45) is 5.07. The molecule has 7 heteroatoms. The average Bonchev–Trinajstić information content (AvgIpc) is 3.72. The van der Waals surface area contributed by atoms with Gasteiger partial charge >= 0.3 is 6.03 Å². The third kappa shape index (κ3) is 6.82. The maximum atomic E-state index is 12.6. The van der Waals surface area contributed by atoms with Crippen LogP contribution in [0.4, 0.5) is 10.6 Å². The Balaban J connectivity index is 1.13. The van der Waals surface area contributed by atoms with Gasteiger partial charge in [-0.1, -0.05) is 80.5 Å². The smallest absolute Gasteiger partial charge is 0.310 e. The van der Waals surface area contributed by atoms with Gasteiger partial charge in [0.1, 0.15) is 12.0 Å². The number of hydrogen-bond acceptors (Lipinski definition) is 4. The lowest BCUT2D eigenvalue weighted by atomic mass is 9.86. The summed E-state index contributed by atoms with van der Waals surface area (Å²) in [6, 6.07) is 22.6. The topological polar surface area (TPSA) is 87.0 Å².